The number of Topliss-reactive ketones (excluding diaryl/α,β-unsaturated/α-hetero) is 1. The maximum atomic E-state index is 14.2. The summed E-state index contributed by atoms with van der Waals surface area (Å²) >= 11 is 0. The Morgan fingerprint density at radius 2 is 1.85 bits per heavy atom. The molecule has 0 radical (unpaired) electrons. The lowest BCUT2D eigenvalue weighted by Crippen LogP contribution is -2.67. The Labute approximate surface area is 237 Å². The molecule has 6 aliphatic carbocycles. The minimum absolute atomic E-state index is 0.0679. The SMILES string of the molecule is CCCN(C[C@H](O)CO)C[C@]1(O)CC[C@H]2[C@]34C=C[C@@]5(C=C3C(=O)c3ccco3)CC(O)CC[C@]5(C)[C@H]4CC[C@@]21C. The van der Waals surface area contributed by atoms with Gasteiger partial charge in [0, 0.05) is 34.9 Å². The highest BCUT2D eigenvalue weighted by Gasteiger charge is 2.74. The zero-order chi connectivity index (χ0) is 28.6. The van der Waals surface area contributed by atoms with Gasteiger partial charge in [0.25, 0.3) is 0 Å². The smallest absolute Gasteiger partial charge is 0.224 e. The summed E-state index contributed by atoms with van der Waals surface area (Å²) in [6.45, 7) is 7.90. The van der Waals surface area contributed by atoms with Crippen molar-refractivity contribution in [2.75, 3.05) is 26.2 Å². The van der Waals surface area contributed by atoms with Gasteiger partial charge in [-0.25, -0.2) is 0 Å². The zero-order valence-electron chi connectivity index (χ0n) is 24.3. The molecule has 2 spiro atoms. The lowest BCUT2D eigenvalue weighted by molar-refractivity contribution is -0.177. The van der Waals surface area contributed by atoms with Crippen LogP contribution in [0.2, 0.25) is 0 Å². The first-order valence-corrected chi connectivity index (χ1v) is 15.4. The van der Waals surface area contributed by atoms with Crippen LogP contribution in [-0.4, -0.2) is 75.2 Å². The van der Waals surface area contributed by atoms with Crippen LogP contribution >= 0.6 is 0 Å². The summed E-state index contributed by atoms with van der Waals surface area (Å²) in [5.74, 6) is 0.583. The van der Waals surface area contributed by atoms with Gasteiger partial charge in [0.1, 0.15) is 0 Å². The molecular formula is C33H47NO6. The first-order chi connectivity index (χ1) is 19.0. The number of furan rings is 1. The summed E-state index contributed by atoms with van der Waals surface area (Å²) < 4.78 is 5.65. The molecule has 1 aromatic heterocycles. The first-order valence-electron chi connectivity index (χ1n) is 15.4. The van der Waals surface area contributed by atoms with Gasteiger partial charge in [-0.05, 0) is 87.3 Å². The number of nitrogens with zero attached hydrogens (tertiary/aromatic N) is 1. The molecule has 6 aliphatic rings. The number of hydrogen-bond acceptors (Lipinski definition) is 7. The molecule has 2 bridgehead atoms. The van der Waals surface area contributed by atoms with Crippen LogP contribution in [0.4, 0.5) is 0 Å². The lowest BCUT2D eigenvalue weighted by atomic mass is 9.32. The number of allylic oxidation sites excluding steroid dienone is 4. The maximum Gasteiger partial charge on any atom is 0.224 e. The molecule has 3 fully saturated rings. The third-order valence-electron chi connectivity index (χ3n) is 12.4. The molecule has 1 aromatic rings. The fourth-order valence-electron chi connectivity index (χ4n) is 10.4. The summed E-state index contributed by atoms with van der Waals surface area (Å²) in [4.78, 5) is 16.4. The number of carbonyl (C=O) groups is 1. The Hall–Kier alpha value is -1.77. The average Bonchev–Trinajstić information content (AvgIpc) is 3.55. The van der Waals surface area contributed by atoms with E-state index in [4.69, 9.17) is 4.42 Å². The highest BCUT2D eigenvalue weighted by atomic mass is 16.3. The predicted molar refractivity (Wildman–Crippen MR) is 151 cm³/mol. The molecule has 7 nitrogen and oxygen atoms in total. The van der Waals surface area contributed by atoms with Crippen LogP contribution in [0.25, 0.3) is 0 Å². The van der Waals surface area contributed by atoms with Crippen molar-refractivity contribution in [2.24, 2.45) is 33.5 Å². The van der Waals surface area contributed by atoms with Gasteiger partial charge in [-0.3, -0.25) is 9.69 Å². The Balaban J connectivity index is 1.44. The van der Waals surface area contributed by atoms with E-state index in [0.29, 0.717) is 31.7 Å². The minimum atomic E-state index is -0.982. The van der Waals surface area contributed by atoms with E-state index < -0.39 is 22.5 Å². The molecule has 4 N–H and O–H groups in total. The topological polar surface area (TPSA) is 114 Å². The number of ketones is 1. The third-order valence-corrected chi connectivity index (χ3v) is 12.4. The van der Waals surface area contributed by atoms with E-state index in [9.17, 15) is 25.2 Å². The molecule has 0 aromatic carbocycles. The number of hydrogen-bond donors (Lipinski definition) is 4. The van der Waals surface area contributed by atoms with Gasteiger partial charge in [0.05, 0.1) is 30.7 Å². The lowest BCUT2D eigenvalue weighted by Gasteiger charge is -2.71. The van der Waals surface area contributed by atoms with Crippen LogP contribution in [-0.2, 0) is 0 Å². The molecule has 7 heteroatoms. The van der Waals surface area contributed by atoms with Crippen LogP contribution < -0.4 is 0 Å². The quantitative estimate of drug-likeness (QED) is 0.269. The molecule has 3 saturated carbocycles. The molecule has 9 atom stereocenters. The highest BCUT2D eigenvalue weighted by molar-refractivity contribution is 6.08. The van der Waals surface area contributed by atoms with E-state index in [2.05, 4.69) is 43.9 Å². The Bertz CT molecular complexity index is 1190. The van der Waals surface area contributed by atoms with Crippen LogP contribution in [0.1, 0.15) is 82.7 Å². The standard InChI is InChI=1S/C33H47NO6/c1-4-15-34(19-23(37)20-35)21-32(39)12-9-27-30(32,3)11-8-26-29(2)10-7-22(36)17-31(29)13-14-33(26,27)24(18-31)28(38)25-6-5-16-40-25/h5-6,13-14,16,18,22-23,26-27,35-37,39H,4,7-12,15,17,19-21H2,1-3H3/t22?,23-,26+,27+,29+,30-,31-,32+,33+/m0/s1. The minimum Gasteiger partial charge on any atom is -0.461 e. The fraction of sp³-hybridized carbons (Fsp3) is 0.727. The van der Waals surface area contributed by atoms with Crippen molar-refractivity contribution in [3.63, 3.8) is 0 Å². The van der Waals surface area contributed by atoms with Gasteiger partial charge >= 0.3 is 0 Å². The van der Waals surface area contributed by atoms with E-state index in [1.54, 1.807) is 18.4 Å². The predicted octanol–water partition coefficient (Wildman–Crippen LogP) is 4.12. The number of aliphatic hydroxyl groups excluding tert-OH is 3. The molecule has 1 heterocycles. The largest absolute Gasteiger partial charge is 0.461 e. The van der Waals surface area contributed by atoms with Crippen molar-refractivity contribution in [1.29, 1.82) is 0 Å². The maximum absolute atomic E-state index is 14.2. The van der Waals surface area contributed by atoms with Crippen LogP contribution in [0.15, 0.2) is 46.6 Å². The molecule has 7 rings (SSSR count). The second-order valence-electron chi connectivity index (χ2n) is 14.2. The van der Waals surface area contributed by atoms with Gasteiger partial charge in [0.15, 0.2) is 5.76 Å². The van der Waals surface area contributed by atoms with Crippen LogP contribution in [0, 0.1) is 33.5 Å². The van der Waals surface area contributed by atoms with Crippen molar-refractivity contribution < 1.29 is 29.6 Å². The van der Waals surface area contributed by atoms with E-state index >= 15 is 0 Å². The fourth-order valence-corrected chi connectivity index (χ4v) is 10.4. The summed E-state index contributed by atoms with van der Waals surface area (Å²) in [6, 6.07) is 3.50. The number of carbonyl (C=O) groups excluding carboxylic acids is 1. The van der Waals surface area contributed by atoms with Crippen molar-refractivity contribution in [1.82, 2.24) is 4.90 Å². The normalized spacial score (nSPS) is 44.2. The molecular weight excluding hydrogens is 506 g/mol. The number of rotatable bonds is 9. The summed E-state index contributed by atoms with van der Waals surface area (Å²) in [7, 11) is 0. The van der Waals surface area contributed by atoms with Crippen molar-refractivity contribution in [3.8, 4) is 0 Å². The van der Waals surface area contributed by atoms with Crippen LogP contribution in [0.3, 0.4) is 0 Å². The molecule has 1 unspecified atom stereocenters. The van der Waals surface area contributed by atoms with E-state index in [1.807, 2.05) is 0 Å². The Kier molecular flexibility index (Phi) is 6.83. The molecule has 0 aliphatic heterocycles. The third kappa shape index (κ3) is 3.70. The van der Waals surface area contributed by atoms with Gasteiger partial charge in [-0.1, -0.05) is 39.0 Å². The summed E-state index contributed by atoms with van der Waals surface area (Å²) in [5, 5.41) is 43.1. The molecule has 220 valence electrons. The first kappa shape index (κ1) is 28.4. The Morgan fingerprint density at radius 1 is 1.12 bits per heavy atom. The van der Waals surface area contributed by atoms with Gasteiger partial charge < -0.3 is 24.8 Å². The van der Waals surface area contributed by atoms with E-state index in [0.717, 1.165) is 50.6 Å². The number of fused-ring (bicyclic) bond motifs is 1. The van der Waals surface area contributed by atoms with Crippen molar-refractivity contribution in [3.05, 3.63) is 48.0 Å². The summed E-state index contributed by atoms with van der Waals surface area (Å²) in [5.41, 5.74) is -1.58. The van der Waals surface area contributed by atoms with Gasteiger partial charge in [-0.15, -0.1) is 0 Å². The van der Waals surface area contributed by atoms with Crippen molar-refractivity contribution in [2.45, 2.75) is 89.9 Å². The number of aliphatic hydroxyl groups is 4. The van der Waals surface area contributed by atoms with Crippen molar-refractivity contribution >= 4 is 5.78 Å². The molecule has 0 amide bonds. The summed E-state index contributed by atoms with van der Waals surface area (Å²) in [6.07, 6.45) is 13.6. The van der Waals surface area contributed by atoms with E-state index in [1.165, 1.54) is 0 Å². The highest BCUT2D eigenvalue weighted by Crippen LogP contribution is 2.78. The molecule has 0 saturated heterocycles. The Morgan fingerprint density at radius 3 is 2.55 bits per heavy atom. The van der Waals surface area contributed by atoms with E-state index in [-0.39, 0.29) is 41.2 Å². The molecule has 40 heavy (non-hydrogen) atoms. The van der Waals surface area contributed by atoms with Gasteiger partial charge in [-0.2, -0.15) is 0 Å². The second-order valence-corrected chi connectivity index (χ2v) is 14.2. The average molecular weight is 554 g/mol. The second kappa shape index (κ2) is 9.63. The monoisotopic (exact) mass is 553 g/mol. The van der Waals surface area contributed by atoms with Gasteiger partial charge in [0.2, 0.25) is 5.78 Å². The zero-order valence-corrected chi connectivity index (χ0v) is 24.3. The van der Waals surface area contributed by atoms with Crippen LogP contribution in [0.5, 0.6) is 0 Å².